The minimum Gasteiger partial charge on any atom is -0.496 e. The van der Waals surface area contributed by atoms with Gasteiger partial charge in [-0.15, -0.1) is 0 Å². The molecule has 0 bridgehead atoms. The van der Waals surface area contributed by atoms with Crippen LogP contribution in [0.15, 0.2) is 18.2 Å². The van der Waals surface area contributed by atoms with Gasteiger partial charge in [-0.05, 0) is 23.6 Å². The summed E-state index contributed by atoms with van der Waals surface area (Å²) in [5.41, 5.74) is 13.3. The van der Waals surface area contributed by atoms with Crippen LogP contribution >= 0.6 is 0 Å². The maximum Gasteiger partial charge on any atom is 0.220 e. The third-order valence-electron chi connectivity index (χ3n) is 4.05. The van der Waals surface area contributed by atoms with E-state index in [-0.39, 0.29) is 5.91 Å². The molecule has 1 rings (SSSR count). The summed E-state index contributed by atoms with van der Waals surface area (Å²) in [6.45, 7) is 2.72. The first-order chi connectivity index (χ1) is 11.6. The van der Waals surface area contributed by atoms with Crippen LogP contribution < -0.4 is 21.5 Å². The van der Waals surface area contributed by atoms with Crippen molar-refractivity contribution in [3.05, 3.63) is 29.3 Å². The molecule has 0 unspecified atom stereocenters. The molecule has 5 N–H and O–H groups in total. The number of carbonyl (C=O) groups is 1. The summed E-state index contributed by atoms with van der Waals surface area (Å²) in [5.74, 6) is 0.871. The third-order valence-corrected chi connectivity index (χ3v) is 4.05. The first kappa shape index (κ1) is 20.5. The Hall–Kier alpha value is -1.59. The number of benzene rings is 1. The molecule has 1 aromatic carbocycles. The van der Waals surface area contributed by atoms with Crippen molar-refractivity contribution in [2.45, 2.75) is 71.0 Å². The zero-order chi connectivity index (χ0) is 17.8. The summed E-state index contributed by atoms with van der Waals surface area (Å²) in [7, 11) is 1.63. The lowest BCUT2D eigenvalue weighted by molar-refractivity contribution is -0.121. The Kier molecular flexibility index (Phi) is 10.1. The van der Waals surface area contributed by atoms with Crippen LogP contribution in [0.3, 0.4) is 0 Å². The van der Waals surface area contributed by atoms with Gasteiger partial charge >= 0.3 is 0 Å². The van der Waals surface area contributed by atoms with E-state index in [1.54, 1.807) is 7.11 Å². The average Bonchev–Trinajstić information content (AvgIpc) is 2.56. The van der Waals surface area contributed by atoms with Crippen molar-refractivity contribution >= 4 is 5.91 Å². The molecular weight excluding hydrogens is 302 g/mol. The van der Waals surface area contributed by atoms with Crippen molar-refractivity contribution in [1.29, 1.82) is 0 Å². The summed E-state index contributed by atoms with van der Waals surface area (Å²) < 4.78 is 5.38. The minimum atomic E-state index is -0.401. The van der Waals surface area contributed by atoms with Crippen molar-refractivity contribution < 1.29 is 9.53 Å². The van der Waals surface area contributed by atoms with Crippen LogP contribution in [0.5, 0.6) is 5.75 Å². The number of rotatable bonds is 12. The molecule has 0 radical (unpaired) electrons. The molecule has 0 saturated carbocycles. The zero-order valence-electron chi connectivity index (χ0n) is 15.1. The van der Waals surface area contributed by atoms with Crippen molar-refractivity contribution in [1.82, 2.24) is 5.32 Å². The van der Waals surface area contributed by atoms with Gasteiger partial charge in [0.05, 0.1) is 13.3 Å². The van der Waals surface area contributed by atoms with Gasteiger partial charge in [0.25, 0.3) is 0 Å². The number of unbranched alkanes of at least 4 members (excludes halogenated alkanes) is 5. The number of carbonyl (C=O) groups excluding carboxylic acids is 1. The summed E-state index contributed by atoms with van der Waals surface area (Å²) in [4.78, 5) is 11.9. The molecule has 0 fully saturated rings. The van der Waals surface area contributed by atoms with E-state index >= 15 is 0 Å². The molecule has 5 heteroatoms. The van der Waals surface area contributed by atoms with Crippen molar-refractivity contribution in [2.24, 2.45) is 11.5 Å². The van der Waals surface area contributed by atoms with Crippen molar-refractivity contribution in [2.75, 3.05) is 7.11 Å². The summed E-state index contributed by atoms with van der Waals surface area (Å²) in [6, 6.07) is 5.87. The highest BCUT2D eigenvalue weighted by atomic mass is 16.5. The molecule has 0 aliphatic heterocycles. The van der Waals surface area contributed by atoms with Gasteiger partial charge < -0.3 is 21.5 Å². The second-order valence-electron chi connectivity index (χ2n) is 6.31. The van der Waals surface area contributed by atoms with Gasteiger partial charge in [0.2, 0.25) is 5.91 Å². The first-order valence-electron chi connectivity index (χ1n) is 9.00. The van der Waals surface area contributed by atoms with Gasteiger partial charge in [0, 0.05) is 19.4 Å². The Morgan fingerprint density at radius 3 is 2.54 bits per heavy atom. The maximum atomic E-state index is 11.9. The van der Waals surface area contributed by atoms with Gasteiger partial charge in [0.15, 0.2) is 0 Å². The largest absolute Gasteiger partial charge is 0.496 e. The van der Waals surface area contributed by atoms with E-state index in [1.165, 1.54) is 25.7 Å². The summed E-state index contributed by atoms with van der Waals surface area (Å²) in [5, 5.41) is 2.97. The van der Waals surface area contributed by atoms with Crippen molar-refractivity contribution in [3.8, 4) is 5.75 Å². The number of amides is 1. The SMILES string of the molecule is CCCCCCCCC(=O)NCc1ccc(CC(N)N)c(OC)c1. The minimum absolute atomic E-state index is 0.109. The van der Waals surface area contributed by atoms with Crippen LogP contribution in [0.4, 0.5) is 0 Å². The lowest BCUT2D eigenvalue weighted by Crippen LogP contribution is -2.32. The molecule has 0 aromatic heterocycles. The first-order valence-corrected chi connectivity index (χ1v) is 9.00. The topological polar surface area (TPSA) is 90.4 Å². The second-order valence-corrected chi connectivity index (χ2v) is 6.31. The summed E-state index contributed by atoms with van der Waals surface area (Å²) in [6.07, 6.45) is 7.90. The highest BCUT2D eigenvalue weighted by Gasteiger charge is 2.08. The van der Waals surface area contributed by atoms with E-state index in [1.807, 2.05) is 18.2 Å². The van der Waals surface area contributed by atoms with Gasteiger partial charge in [0.1, 0.15) is 5.75 Å². The number of nitrogens with one attached hydrogen (secondary N) is 1. The highest BCUT2D eigenvalue weighted by molar-refractivity contribution is 5.75. The normalized spacial score (nSPS) is 10.9. The zero-order valence-corrected chi connectivity index (χ0v) is 15.1. The van der Waals surface area contributed by atoms with E-state index in [9.17, 15) is 4.79 Å². The number of methoxy groups -OCH3 is 1. The molecule has 0 atom stereocenters. The quantitative estimate of drug-likeness (QED) is 0.405. The molecule has 136 valence electrons. The fourth-order valence-corrected chi connectivity index (χ4v) is 2.68. The van der Waals surface area contributed by atoms with Gasteiger partial charge in [-0.3, -0.25) is 4.79 Å². The van der Waals surface area contributed by atoms with Crippen molar-refractivity contribution in [3.63, 3.8) is 0 Å². The Bertz CT molecular complexity index is 490. The van der Waals surface area contributed by atoms with Crippen LogP contribution in [0.1, 0.15) is 63.0 Å². The Labute approximate surface area is 146 Å². The molecule has 0 heterocycles. The van der Waals surface area contributed by atoms with Gasteiger partial charge in [-0.1, -0.05) is 51.2 Å². The number of nitrogens with two attached hydrogens (primary N) is 2. The third kappa shape index (κ3) is 8.31. The van der Waals surface area contributed by atoms with E-state index in [4.69, 9.17) is 16.2 Å². The average molecular weight is 335 g/mol. The molecule has 0 aliphatic carbocycles. The highest BCUT2D eigenvalue weighted by Crippen LogP contribution is 2.21. The standard InChI is InChI=1S/C19H33N3O2/c1-3-4-5-6-7-8-9-19(23)22-14-15-10-11-16(13-18(20)21)17(12-15)24-2/h10-12,18H,3-9,13-14,20-21H2,1-2H3,(H,22,23). The van der Waals surface area contributed by atoms with Crippen LogP contribution in [-0.4, -0.2) is 19.2 Å². The number of hydrogen-bond acceptors (Lipinski definition) is 4. The molecule has 0 spiro atoms. The monoisotopic (exact) mass is 335 g/mol. The Balaban J connectivity index is 2.34. The lowest BCUT2D eigenvalue weighted by atomic mass is 10.1. The van der Waals surface area contributed by atoms with Crippen LogP contribution in [-0.2, 0) is 17.8 Å². The Morgan fingerprint density at radius 2 is 1.88 bits per heavy atom. The second kappa shape index (κ2) is 11.9. The molecule has 0 saturated heterocycles. The van der Waals surface area contributed by atoms with Gasteiger partial charge in [-0.25, -0.2) is 0 Å². The van der Waals surface area contributed by atoms with Crippen LogP contribution in [0.25, 0.3) is 0 Å². The lowest BCUT2D eigenvalue weighted by Gasteiger charge is -2.13. The molecule has 1 aromatic rings. The fraction of sp³-hybridized carbons (Fsp3) is 0.632. The smallest absolute Gasteiger partial charge is 0.220 e. The van der Waals surface area contributed by atoms with E-state index in [0.29, 0.717) is 19.4 Å². The fourth-order valence-electron chi connectivity index (χ4n) is 2.68. The van der Waals surface area contributed by atoms with E-state index in [2.05, 4.69) is 12.2 Å². The molecule has 5 nitrogen and oxygen atoms in total. The molecule has 24 heavy (non-hydrogen) atoms. The predicted molar refractivity (Wildman–Crippen MR) is 98.7 cm³/mol. The van der Waals surface area contributed by atoms with Crippen LogP contribution in [0, 0.1) is 0 Å². The molecule has 0 aliphatic rings. The number of ether oxygens (including phenoxy) is 1. The molecule has 1 amide bonds. The van der Waals surface area contributed by atoms with E-state index < -0.39 is 6.17 Å². The number of hydrogen-bond donors (Lipinski definition) is 3. The predicted octanol–water partition coefficient (Wildman–Crippen LogP) is 2.85. The summed E-state index contributed by atoms with van der Waals surface area (Å²) >= 11 is 0. The van der Waals surface area contributed by atoms with Crippen LogP contribution in [0.2, 0.25) is 0 Å². The van der Waals surface area contributed by atoms with Gasteiger partial charge in [-0.2, -0.15) is 0 Å². The Morgan fingerprint density at radius 1 is 1.17 bits per heavy atom. The van der Waals surface area contributed by atoms with E-state index in [0.717, 1.165) is 29.7 Å². The molecular formula is C19H33N3O2. The maximum absolute atomic E-state index is 11.9.